The second-order valence-electron chi connectivity index (χ2n) is 5.01. The molecule has 0 aromatic carbocycles. The Morgan fingerprint density at radius 2 is 2.15 bits per heavy atom. The Morgan fingerprint density at radius 1 is 1.35 bits per heavy atom. The molecule has 0 bridgehead atoms. The number of anilines is 1. The number of Topliss-reactive ketones (excluding diaryl/α,β-unsaturated/α-hetero) is 1. The molecular formula is C13H15N3O3S. The molecule has 1 saturated heterocycles. The van der Waals surface area contributed by atoms with Gasteiger partial charge in [-0.3, -0.25) is 19.7 Å². The summed E-state index contributed by atoms with van der Waals surface area (Å²) >= 11 is 1.31. The second-order valence-corrected chi connectivity index (χ2v) is 5.99. The number of amides is 2. The second kappa shape index (κ2) is 4.97. The van der Waals surface area contributed by atoms with Gasteiger partial charge in [0.25, 0.3) is 0 Å². The third-order valence-corrected chi connectivity index (χ3v) is 4.82. The van der Waals surface area contributed by atoms with E-state index in [0.29, 0.717) is 22.9 Å². The van der Waals surface area contributed by atoms with Gasteiger partial charge >= 0.3 is 0 Å². The van der Waals surface area contributed by atoms with Crippen molar-refractivity contribution in [1.29, 1.82) is 0 Å². The Morgan fingerprint density at radius 3 is 2.85 bits per heavy atom. The third kappa shape index (κ3) is 2.11. The van der Waals surface area contributed by atoms with Crippen molar-refractivity contribution in [2.75, 3.05) is 11.4 Å². The lowest BCUT2D eigenvalue weighted by molar-refractivity contribution is -0.132. The topological polar surface area (TPSA) is 79.4 Å². The number of rotatable bonds is 2. The molecule has 3 rings (SSSR count). The Labute approximate surface area is 120 Å². The van der Waals surface area contributed by atoms with E-state index < -0.39 is 6.04 Å². The first kappa shape index (κ1) is 13.2. The number of fused-ring (bicyclic) bond motifs is 1. The van der Waals surface area contributed by atoms with Crippen molar-refractivity contribution in [3.63, 3.8) is 0 Å². The molecule has 1 aromatic heterocycles. The zero-order chi connectivity index (χ0) is 14.3. The van der Waals surface area contributed by atoms with Crippen LogP contribution in [0.15, 0.2) is 0 Å². The SMILES string of the molecule is CCC1C(=O)NC(=O)CN1c1nc2c(s1)C(=O)CCC2. The predicted molar refractivity (Wildman–Crippen MR) is 74.0 cm³/mol. The van der Waals surface area contributed by atoms with Crippen LogP contribution in [0.1, 0.15) is 41.6 Å². The van der Waals surface area contributed by atoms with Crippen LogP contribution < -0.4 is 10.2 Å². The Kier molecular flexibility index (Phi) is 3.29. The zero-order valence-corrected chi connectivity index (χ0v) is 12.0. The predicted octanol–water partition coefficient (Wildman–Crippen LogP) is 0.903. The molecule has 2 heterocycles. The summed E-state index contributed by atoms with van der Waals surface area (Å²) in [5.41, 5.74) is 0.814. The molecule has 1 aliphatic carbocycles. The number of hydrogen-bond acceptors (Lipinski definition) is 6. The quantitative estimate of drug-likeness (QED) is 0.820. The molecule has 0 saturated carbocycles. The number of carbonyl (C=O) groups excluding carboxylic acids is 3. The number of hydrogen-bond donors (Lipinski definition) is 1. The molecule has 0 spiro atoms. The summed E-state index contributed by atoms with van der Waals surface area (Å²) in [5.74, 6) is -0.488. The number of piperazine rings is 1. The van der Waals surface area contributed by atoms with Crippen molar-refractivity contribution in [1.82, 2.24) is 10.3 Å². The van der Waals surface area contributed by atoms with E-state index in [-0.39, 0.29) is 24.1 Å². The number of ketones is 1. The Balaban J connectivity index is 1.96. The number of imide groups is 1. The first-order chi connectivity index (χ1) is 9.60. The molecule has 2 aliphatic rings. The fourth-order valence-corrected chi connectivity index (χ4v) is 3.78. The van der Waals surface area contributed by atoms with Crippen LogP contribution in [0.5, 0.6) is 0 Å². The average molecular weight is 293 g/mol. The summed E-state index contributed by atoms with van der Waals surface area (Å²) in [4.78, 5) is 42.2. The van der Waals surface area contributed by atoms with E-state index >= 15 is 0 Å². The van der Waals surface area contributed by atoms with Crippen LogP contribution in [0.3, 0.4) is 0 Å². The summed E-state index contributed by atoms with van der Waals surface area (Å²) in [6.45, 7) is 2.01. The molecule has 1 N–H and O–H groups in total. The lowest BCUT2D eigenvalue weighted by atomic mass is 10.0. The highest BCUT2D eigenvalue weighted by molar-refractivity contribution is 7.17. The van der Waals surface area contributed by atoms with E-state index in [9.17, 15) is 14.4 Å². The van der Waals surface area contributed by atoms with Gasteiger partial charge in [-0.15, -0.1) is 0 Å². The van der Waals surface area contributed by atoms with Crippen LogP contribution in [0.2, 0.25) is 0 Å². The lowest BCUT2D eigenvalue weighted by Gasteiger charge is -2.32. The largest absolute Gasteiger partial charge is 0.327 e. The molecule has 1 aliphatic heterocycles. The fourth-order valence-electron chi connectivity index (χ4n) is 2.65. The molecule has 7 heteroatoms. The highest BCUT2D eigenvalue weighted by Crippen LogP contribution is 2.33. The van der Waals surface area contributed by atoms with Crippen molar-refractivity contribution >= 4 is 34.1 Å². The summed E-state index contributed by atoms with van der Waals surface area (Å²) in [7, 11) is 0. The van der Waals surface area contributed by atoms with Crippen molar-refractivity contribution in [2.24, 2.45) is 0 Å². The van der Waals surface area contributed by atoms with Crippen LogP contribution in [-0.2, 0) is 16.0 Å². The molecular weight excluding hydrogens is 278 g/mol. The minimum Gasteiger partial charge on any atom is -0.327 e. The molecule has 1 atom stereocenters. The first-order valence-corrected chi connectivity index (χ1v) is 7.55. The zero-order valence-electron chi connectivity index (χ0n) is 11.1. The lowest BCUT2D eigenvalue weighted by Crippen LogP contribution is -2.58. The first-order valence-electron chi connectivity index (χ1n) is 6.73. The molecule has 1 fully saturated rings. The van der Waals surface area contributed by atoms with Crippen molar-refractivity contribution < 1.29 is 14.4 Å². The van der Waals surface area contributed by atoms with E-state index in [4.69, 9.17) is 0 Å². The van der Waals surface area contributed by atoms with E-state index in [1.54, 1.807) is 4.90 Å². The summed E-state index contributed by atoms with van der Waals surface area (Å²) in [6, 6.07) is -0.393. The number of thiazole rings is 1. The highest BCUT2D eigenvalue weighted by Gasteiger charge is 2.35. The number of aryl methyl sites for hydroxylation is 1. The normalized spacial score (nSPS) is 22.8. The Hall–Kier alpha value is -1.76. The molecule has 2 amide bonds. The van der Waals surface area contributed by atoms with Crippen molar-refractivity contribution in [3.8, 4) is 0 Å². The van der Waals surface area contributed by atoms with E-state index in [0.717, 1.165) is 18.5 Å². The van der Waals surface area contributed by atoms with Crippen LogP contribution in [-0.4, -0.2) is 35.2 Å². The van der Waals surface area contributed by atoms with Gasteiger partial charge in [-0.1, -0.05) is 18.3 Å². The van der Waals surface area contributed by atoms with Gasteiger partial charge in [0.05, 0.1) is 10.6 Å². The maximum Gasteiger partial charge on any atom is 0.249 e. The molecule has 1 aromatic rings. The van der Waals surface area contributed by atoms with Crippen LogP contribution in [0, 0.1) is 0 Å². The van der Waals surface area contributed by atoms with Gasteiger partial charge in [0.1, 0.15) is 12.6 Å². The number of aromatic nitrogens is 1. The fraction of sp³-hybridized carbons (Fsp3) is 0.538. The smallest absolute Gasteiger partial charge is 0.249 e. The molecule has 0 radical (unpaired) electrons. The van der Waals surface area contributed by atoms with Gasteiger partial charge < -0.3 is 4.90 Å². The molecule has 6 nitrogen and oxygen atoms in total. The number of nitrogens with one attached hydrogen (secondary N) is 1. The van der Waals surface area contributed by atoms with E-state index in [2.05, 4.69) is 10.3 Å². The third-order valence-electron chi connectivity index (χ3n) is 3.64. The van der Waals surface area contributed by atoms with Crippen LogP contribution in [0.4, 0.5) is 5.13 Å². The summed E-state index contributed by atoms with van der Waals surface area (Å²) in [5, 5.41) is 2.95. The number of carbonyl (C=O) groups is 3. The van der Waals surface area contributed by atoms with Crippen molar-refractivity contribution in [2.45, 2.75) is 38.6 Å². The number of nitrogens with zero attached hydrogens (tertiary/aromatic N) is 2. The van der Waals surface area contributed by atoms with E-state index in [1.165, 1.54) is 11.3 Å². The standard InChI is InChI=1S/C13H15N3O3S/c1-2-8-12(19)15-10(18)6-16(8)13-14-7-4-3-5-9(17)11(7)20-13/h8H,2-6H2,1H3,(H,15,18,19). The van der Waals surface area contributed by atoms with Gasteiger partial charge in [-0.2, -0.15) is 0 Å². The van der Waals surface area contributed by atoms with Gasteiger partial charge in [0.15, 0.2) is 10.9 Å². The van der Waals surface area contributed by atoms with Crippen molar-refractivity contribution in [3.05, 3.63) is 10.6 Å². The minimum absolute atomic E-state index is 0.116. The average Bonchev–Trinajstić information content (AvgIpc) is 2.83. The van der Waals surface area contributed by atoms with Crippen LogP contribution >= 0.6 is 11.3 Å². The highest BCUT2D eigenvalue weighted by atomic mass is 32.1. The molecule has 20 heavy (non-hydrogen) atoms. The van der Waals surface area contributed by atoms with Gasteiger partial charge in [-0.05, 0) is 19.3 Å². The van der Waals surface area contributed by atoms with Gasteiger partial charge in [-0.25, -0.2) is 4.98 Å². The summed E-state index contributed by atoms with van der Waals surface area (Å²) < 4.78 is 0. The molecule has 1 unspecified atom stereocenters. The van der Waals surface area contributed by atoms with E-state index in [1.807, 2.05) is 6.92 Å². The Bertz CT molecular complexity index is 596. The van der Waals surface area contributed by atoms with Gasteiger partial charge in [0.2, 0.25) is 11.8 Å². The minimum atomic E-state index is -0.393. The maximum atomic E-state index is 11.9. The monoisotopic (exact) mass is 293 g/mol. The maximum absolute atomic E-state index is 11.9. The van der Waals surface area contributed by atoms with Gasteiger partial charge in [0, 0.05) is 6.42 Å². The molecule has 106 valence electrons. The summed E-state index contributed by atoms with van der Waals surface area (Å²) in [6.07, 6.45) is 2.77. The van der Waals surface area contributed by atoms with Crippen LogP contribution in [0.25, 0.3) is 0 Å².